The van der Waals surface area contributed by atoms with Gasteiger partial charge in [-0.05, 0) is 24.4 Å². The molecule has 0 fully saturated rings. The highest BCUT2D eigenvalue weighted by atomic mass is 32.2. The standard InChI is InChI=1S/C12H18N4O2S2/c1-2-4-13-9-11-12(3-5-19-11)20(17,18)16-8-10-6-14-15-7-10/h3,5-7,13,16H,2,4,8-9H2,1H3,(H,14,15). The Bertz CT molecular complexity index is 620. The van der Waals surface area contributed by atoms with Crippen LogP contribution in [0.2, 0.25) is 0 Å². The van der Waals surface area contributed by atoms with Crippen molar-refractivity contribution in [2.45, 2.75) is 31.3 Å². The Hall–Kier alpha value is -1.22. The van der Waals surface area contributed by atoms with E-state index in [1.54, 1.807) is 23.8 Å². The van der Waals surface area contributed by atoms with Gasteiger partial charge < -0.3 is 5.32 Å². The van der Waals surface area contributed by atoms with Crippen molar-refractivity contribution in [2.24, 2.45) is 0 Å². The summed E-state index contributed by atoms with van der Waals surface area (Å²) in [6.45, 7) is 3.76. The predicted octanol–water partition coefficient (Wildman–Crippen LogP) is 1.45. The van der Waals surface area contributed by atoms with Crippen LogP contribution in [-0.2, 0) is 23.1 Å². The second-order valence-electron chi connectivity index (χ2n) is 4.32. The average molecular weight is 314 g/mol. The smallest absolute Gasteiger partial charge is 0.242 e. The molecule has 0 aromatic carbocycles. The highest BCUT2D eigenvalue weighted by Crippen LogP contribution is 2.21. The van der Waals surface area contributed by atoms with E-state index in [1.807, 2.05) is 0 Å². The quantitative estimate of drug-likeness (QED) is 0.644. The summed E-state index contributed by atoms with van der Waals surface area (Å²) < 4.78 is 27.1. The Morgan fingerprint density at radius 3 is 2.95 bits per heavy atom. The van der Waals surface area contributed by atoms with Crippen molar-refractivity contribution in [3.8, 4) is 0 Å². The lowest BCUT2D eigenvalue weighted by Gasteiger charge is -2.07. The number of rotatable bonds is 8. The predicted molar refractivity (Wildman–Crippen MR) is 78.9 cm³/mol. The van der Waals surface area contributed by atoms with Crippen LogP contribution in [0.15, 0.2) is 28.7 Å². The summed E-state index contributed by atoms with van der Waals surface area (Å²) in [7, 11) is -3.48. The number of hydrogen-bond acceptors (Lipinski definition) is 5. The van der Waals surface area contributed by atoms with Gasteiger partial charge in [0.2, 0.25) is 10.0 Å². The third-order valence-corrected chi connectivity index (χ3v) is 5.26. The summed E-state index contributed by atoms with van der Waals surface area (Å²) in [6.07, 6.45) is 4.28. The molecule has 0 aliphatic rings. The molecule has 0 unspecified atom stereocenters. The van der Waals surface area contributed by atoms with E-state index in [-0.39, 0.29) is 6.54 Å². The van der Waals surface area contributed by atoms with Crippen LogP contribution in [-0.4, -0.2) is 25.2 Å². The van der Waals surface area contributed by atoms with Gasteiger partial charge in [-0.15, -0.1) is 11.3 Å². The lowest BCUT2D eigenvalue weighted by Crippen LogP contribution is -2.24. The van der Waals surface area contributed by atoms with Gasteiger partial charge in [-0.1, -0.05) is 6.92 Å². The van der Waals surface area contributed by atoms with Crippen molar-refractivity contribution < 1.29 is 8.42 Å². The Kier molecular flexibility index (Phi) is 5.30. The van der Waals surface area contributed by atoms with Crippen LogP contribution in [0.1, 0.15) is 23.8 Å². The maximum absolute atomic E-state index is 12.3. The number of H-pyrrole nitrogens is 1. The molecule has 2 rings (SSSR count). The number of thiophene rings is 1. The van der Waals surface area contributed by atoms with Crippen LogP contribution < -0.4 is 10.0 Å². The molecular formula is C12H18N4O2S2. The van der Waals surface area contributed by atoms with Crippen molar-refractivity contribution in [2.75, 3.05) is 6.54 Å². The van der Waals surface area contributed by atoms with Gasteiger partial charge in [0.15, 0.2) is 0 Å². The molecule has 2 aromatic heterocycles. The third-order valence-electron chi connectivity index (χ3n) is 2.73. The Labute approximate surface area is 122 Å². The van der Waals surface area contributed by atoms with E-state index >= 15 is 0 Å². The Morgan fingerprint density at radius 2 is 2.25 bits per heavy atom. The molecule has 0 saturated carbocycles. The van der Waals surface area contributed by atoms with E-state index < -0.39 is 10.0 Å². The Balaban J connectivity index is 2.03. The molecular weight excluding hydrogens is 296 g/mol. The molecule has 2 aromatic rings. The summed E-state index contributed by atoms with van der Waals surface area (Å²) in [4.78, 5) is 1.19. The van der Waals surface area contributed by atoms with E-state index in [1.165, 1.54) is 11.3 Å². The summed E-state index contributed by atoms with van der Waals surface area (Å²) in [5.74, 6) is 0. The zero-order valence-corrected chi connectivity index (χ0v) is 12.9. The number of aromatic nitrogens is 2. The molecule has 0 atom stereocenters. The molecule has 0 spiro atoms. The molecule has 2 heterocycles. The normalized spacial score (nSPS) is 11.8. The van der Waals surface area contributed by atoms with Gasteiger partial charge in [0.1, 0.15) is 0 Å². The molecule has 0 radical (unpaired) electrons. The molecule has 0 bridgehead atoms. The highest BCUT2D eigenvalue weighted by Gasteiger charge is 2.19. The van der Waals surface area contributed by atoms with Crippen molar-refractivity contribution >= 4 is 21.4 Å². The molecule has 20 heavy (non-hydrogen) atoms. The first-order valence-corrected chi connectivity index (χ1v) is 8.74. The molecule has 8 heteroatoms. The van der Waals surface area contributed by atoms with Crippen molar-refractivity contribution in [3.63, 3.8) is 0 Å². The summed E-state index contributed by atoms with van der Waals surface area (Å²) in [6, 6.07) is 1.64. The fraction of sp³-hybridized carbons (Fsp3) is 0.417. The van der Waals surface area contributed by atoms with Crippen LogP contribution >= 0.6 is 11.3 Å². The van der Waals surface area contributed by atoms with Gasteiger partial charge in [0, 0.05) is 29.7 Å². The van der Waals surface area contributed by atoms with Gasteiger partial charge >= 0.3 is 0 Å². The fourth-order valence-electron chi connectivity index (χ4n) is 1.71. The van der Waals surface area contributed by atoms with Crippen molar-refractivity contribution in [1.82, 2.24) is 20.2 Å². The average Bonchev–Trinajstić information content (AvgIpc) is 3.08. The first-order chi connectivity index (χ1) is 9.63. The minimum absolute atomic E-state index is 0.233. The van der Waals surface area contributed by atoms with Gasteiger partial charge in [0.05, 0.1) is 11.1 Å². The highest BCUT2D eigenvalue weighted by molar-refractivity contribution is 7.89. The van der Waals surface area contributed by atoms with Gasteiger partial charge in [0.25, 0.3) is 0 Å². The first kappa shape index (κ1) is 15.2. The fourth-order valence-corrected chi connectivity index (χ4v) is 4.14. The number of nitrogens with zero attached hydrogens (tertiary/aromatic N) is 1. The summed E-state index contributed by atoms with van der Waals surface area (Å²) in [5.41, 5.74) is 0.800. The lowest BCUT2D eigenvalue weighted by atomic mass is 10.4. The van der Waals surface area contributed by atoms with Crippen LogP contribution in [0, 0.1) is 0 Å². The minimum Gasteiger partial charge on any atom is -0.312 e. The maximum atomic E-state index is 12.3. The molecule has 110 valence electrons. The van der Waals surface area contributed by atoms with E-state index in [0.29, 0.717) is 11.4 Å². The summed E-state index contributed by atoms with van der Waals surface area (Å²) >= 11 is 1.45. The van der Waals surface area contributed by atoms with Gasteiger partial charge in [-0.25, -0.2) is 13.1 Å². The largest absolute Gasteiger partial charge is 0.312 e. The molecule has 0 saturated heterocycles. The second-order valence-corrected chi connectivity index (χ2v) is 7.05. The number of sulfonamides is 1. The van der Waals surface area contributed by atoms with Gasteiger partial charge in [-0.2, -0.15) is 5.10 Å². The van der Waals surface area contributed by atoms with Crippen molar-refractivity contribution in [3.05, 3.63) is 34.3 Å². The molecule has 6 nitrogen and oxygen atoms in total. The maximum Gasteiger partial charge on any atom is 0.242 e. The first-order valence-electron chi connectivity index (χ1n) is 6.38. The number of hydrogen-bond donors (Lipinski definition) is 3. The lowest BCUT2D eigenvalue weighted by molar-refractivity contribution is 0.579. The van der Waals surface area contributed by atoms with E-state index in [0.717, 1.165) is 23.4 Å². The zero-order valence-electron chi connectivity index (χ0n) is 11.2. The monoisotopic (exact) mass is 314 g/mol. The van der Waals surface area contributed by atoms with Crippen LogP contribution in [0.4, 0.5) is 0 Å². The molecule has 3 N–H and O–H groups in total. The summed E-state index contributed by atoms with van der Waals surface area (Å²) in [5, 5.41) is 11.5. The molecule has 0 amide bonds. The van der Waals surface area contributed by atoms with Crippen LogP contribution in [0.25, 0.3) is 0 Å². The van der Waals surface area contributed by atoms with Crippen LogP contribution in [0.5, 0.6) is 0 Å². The topological polar surface area (TPSA) is 86.9 Å². The third kappa shape index (κ3) is 3.89. The molecule has 0 aliphatic carbocycles. The molecule has 0 aliphatic heterocycles. The number of aromatic amines is 1. The van der Waals surface area contributed by atoms with E-state index in [2.05, 4.69) is 27.2 Å². The van der Waals surface area contributed by atoms with Gasteiger partial charge in [-0.3, -0.25) is 5.10 Å². The second kappa shape index (κ2) is 6.98. The number of nitrogens with one attached hydrogen (secondary N) is 3. The minimum atomic E-state index is -3.48. The van der Waals surface area contributed by atoms with E-state index in [4.69, 9.17) is 0 Å². The van der Waals surface area contributed by atoms with E-state index in [9.17, 15) is 8.42 Å². The van der Waals surface area contributed by atoms with Crippen LogP contribution in [0.3, 0.4) is 0 Å². The SMILES string of the molecule is CCCNCc1sccc1S(=O)(=O)NCc1cn[nH]c1. The van der Waals surface area contributed by atoms with Crippen molar-refractivity contribution in [1.29, 1.82) is 0 Å². The Morgan fingerprint density at radius 1 is 1.40 bits per heavy atom. The zero-order chi connectivity index (χ0) is 14.4.